The summed E-state index contributed by atoms with van der Waals surface area (Å²) in [5, 5.41) is 10.5. The van der Waals surface area contributed by atoms with E-state index in [2.05, 4.69) is 25.5 Å². The summed E-state index contributed by atoms with van der Waals surface area (Å²) in [6.45, 7) is 1.68. The van der Waals surface area contributed by atoms with Crippen LogP contribution in [0.15, 0.2) is 69.7 Å². The molecule has 1 heterocycles. The van der Waals surface area contributed by atoms with Crippen molar-refractivity contribution in [3.8, 4) is 5.88 Å². The molecule has 2 aromatic carbocycles. The van der Waals surface area contributed by atoms with Gasteiger partial charge in [-0.1, -0.05) is 12.1 Å². The molecule has 12 heteroatoms. The van der Waals surface area contributed by atoms with Gasteiger partial charge in [-0.15, -0.1) is 5.11 Å². The number of rotatable bonds is 7. The summed E-state index contributed by atoms with van der Waals surface area (Å²) in [6, 6.07) is 13.7. The van der Waals surface area contributed by atoms with E-state index < -0.39 is 16.1 Å². The van der Waals surface area contributed by atoms with Crippen molar-refractivity contribution in [1.82, 2.24) is 14.7 Å². The third kappa shape index (κ3) is 6.23. The number of hydrogen-bond acceptors (Lipinski definition) is 9. The van der Waals surface area contributed by atoms with Crippen LogP contribution in [0.3, 0.4) is 0 Å². The van der Waals surface area contributed by atoms with Crippen LogP contribution in [-0.2, 0) is 10.0 Å². The van der Waals surface area contributed by atoms with Crippen molar-refractivity contribution in [2.75, 3.05) is 31.4 Å². The van der Waals surface area contributed by atoms with Gasteiger partial charge < -0.3 is 9.64 Å². The molecule has 0 fully saturated rings. The minimum absolute atomic E-state index is 0.0722. The fourth-order valence-corrected chi connectivity index (χ4v) is 3.75. The minimum atomic E-state index is -4.27. The number of nitrogens with zero attached hydrogens (tertiary/aromatic N) is 5. The van der Waals surface area contributed by atoms with Gasteiger partial charge in [-0.05, 0) is 43.3 Å². The Morgan fingerprint density at radius 3 is 2.39 bits per heavy atom. The van der Waals surface area contributed by atoms with Crippen molar-refractivity contribution in [2.45, 2.75) is 11.8 Å². The Morgan fingerprint density at radius 2 is 1.73 bits per heavy atom. The standard InChI is InChI=1S/C21H23N7O4S/c1-14-13-19(32-4)23-20(22-14)24-21(29)27-33(30,31)18-8-6-5-7-17(18)26-25-15-9-11-16(12-10-15)28(2)3/h5-13H,1-4H3,(H2,22,23,24,27,29)/b26-25+. The van der Waals surface area contributed by atoms with Crippen LogP contribution in [0.2, 0.25) is 0 Å². The highest BCUT2D eigenvalue weighted by atomic mass is 32.2. The average molecular weight is 470 g/mol. The van der Waals surface area contributed by atoms with Gasteiger partial charge in [-0.2, -0.15) is 10.1 Å². The van der Waals surface area contributed by atoms with Gasteiger partial charge in [0.2, 0.25) is 11.8 Å². The smallest absolute Gasteiger partial charge is 0.335 e. The Morgan fingerprint density at radius 1 is 1.03 bits per heavy atom. The Bertz CT molecular complexity index is 1280. The highest BCUT2D eigenvalue weighted by Crippen LogP contribution is 2.27. The van der Waals surface area contributed by atoms with Crippen LogP contribution in [0.5, 0.6) is 5.88 Å². The highest BCUT2D eigenvalue weighted by Gasteiger charge is 2.22. The number of azo groups is 1. The van der Waals surface area contributed by atoms with E-state index in [0.29, 0.717) is 11.4 Å². The van der Waals surface area contributed by atoms with Crippen molar-refractivity contribution in [2.24, 2.45) is 10.2 Å². The number of nitrogens with one attached hydrogen (secondary N) is 2. The molecule has 0 aliphatic rings. The molecular formula is C21H23N7O4S. The lowest BCUT2D eigenvalue weighted by Gasteiger charge is -2.11. The zero-order chi connectivity index (χ0) is 24.0. The van der Waals surface area contributed by atoms with Crippen molar-refractivity contribution in [3.05, 3.63) is 60.3 Å². The summed E-state index contributed by atoms with van der Waals surface area (Å²) in [5.41, 5.74) is 2.14. The van der Waals surface area contributed by atoms with Crippen LogP contribution in [0.1, 0.15) is 5.69 Å². The molecule has 11 nitrogen and oxygen atoms in total. The lowest BCUT2D eigenvalue weighted by Crippen LogP contribution is -2.35. The molecule has 33 heavy (non-hydrogen) atoms. The topological polar surface area (TPSA) is 138 Å². The highest BCUT2D eigenvalue weighted by molar-refractivity contribution is 7.90. The fraction of sp³-hybridized carbons (Fsp3) is 0.190. The first-order valence-electron chi connectivity index (χ1n) is 9.69. The molecule has 0 radical (unpaired) electrons. The molecule has 3 aromatic rings. The third-order valence-electron chi connectivity index (χ3n) is 4.29. The lowest BCUT2D eigenvalue weighted by atomic mass is 10.3. The first-order chi connectivity index (χ1) is 15.7. The number of carbonyl (C=O) groups excluding carboxylic acids is 1. The molecule has 0 saturated carbocycles. The van der Waals surface area contributed by atoms with Gasteiger partial charge in [-0.25, -0.2) is 22.9 Å². The second-order valence-electron chi connectivity index (χ2n) is 7.01. The molecule has 0 unspecified atom stereocenters. The van der Waals surface area contributed by atoms with E-state index in [0.717, 1.165) is 5.69 Å². The van der Waals surface area contributed by atoms with Crippen LogP contribution in [0.25, 0.3) is 0 Å². The number of carbonyl (C=O) groups is 1. The number of aromatic nitrogens is 2. The maximum atomic E-state index is 12.8. The maximum absolute atomic E-state index is 12.8. The number of aryl methyl sites for hydroxylation is 1. The van der Waals surface area contributed by atoms with Gasteiger partial charge in [0.1, 0.15) is 10.6 Å². The van der Waals surface area contributed by atoms with E-state index in [1.807, 2.05) is 35.9 Å². The van der Waals surface area contributed by atoms with Crippen LogP contribution < -0.4 is 19.7 Å². The number of methoxy groups -OCH3 is 1. The van der Waals surface area contributed by atoms with Gasteiger partial charge in [-0.3, -0.25) is 5.32 Å². The van der Waals surface area contributed by atoms with Gasteiger partial charge in [0.15, 0.2) is 0 Å². The quantitative estimate of drug-likeness (QED) is 0.502. The monoisotopic (exact) mass is 469 g/mol. The predicted molar refractivity (Wildman–Crippen MR) is 124 cm³/mol. The minimum Gasteiger partial charge on any atom is -0.481 e. The summed E-state index contributed by atoms with van der Waals surface area (Å²) in [7, 11) is 0.985. The van der Waals surface area contributed by atoms with Crippen LogP contribution in [0.4, 0.5) is 27.8 Å². The number of ether oxygens (including phenoxy) is 1. The summed E-state index contributed by atoms with van der Waals surface area (Å²) in [6.07, 6.45) is 0. The van der Waals surface area contributed by atoms with Crippen LogP contribution in [0, 0.1) is 6.92 Å². The van der Waals surface area contributed by atoms with E-state index >= 15 is 0 Å². The van der Waals surface area contributed by atoms with Crippen molar-refractivity contribution < 1.29 is 17.9 Å². The summed E-state index contributed by atoms with van der Waals surface area (Å²) >= 11 is 0. The van der Waals surface area contributed by atoms with E-state index in [1.165, 1.54) is 25.3 Å². The molecule has 3 rings (SSSR count). The molecular weight excluding hydrogens is 446 g/mol. The fourth-order valence-electron chi connectivity index (χ4n) is 2.70. The maximum Gasteiger partial charge on any atom is 0.335 e. The lowest BCUT2D eigenvalue weighted by molar-refractivity contribution is 0.256. The Labute approximate surface area is 191 Å². The van der Waals surface area contributed by atoms with Crippen molar-refractivity contribution in [3.63, 3.8) is 0 Å². The second kappa shape index (κ2) is 10.0. The molecule has 0 spiro atoms. The molecule has 0 atom stereocenters. The first-order valence-corrected chi connectivity index (χ1v) is 11.2. The largest absolute Gasteiger partial charge is 0.481 e. The molecule has 1 aromatic heterocycles. The molecule has 0 saturated heterocycles. The molecule has 2 N–H and O–H groups in total. The summed E-state index contributed by atoms with van der Waals surface area (Å²) in [5.74, 6) is 0.124. The summed E-state index contributed by atoms with van der Waals surface area (Å²) < 4.78 is 32.6. The number of urea groups is 1. The Hall–Kier alpha value is -4.06. The molecule has 0 aliphatic heterocycles. The van der Waals surface area contributed by atoms with Crippen molar-refractivity contribution in [1.29, 1.82) is 0 Å². The average Bonchev–Trinajstić information content (AvgIpc) is 2.77. The van der Waals surface area contributed by atoms with E-state index in [9.17, 15) is 13.2 Å². The van der Waals surface area contributed by atoms with Gasteiger partial charge in [0, 0.05) is 31.5 Å². The Kier molecular flexibility index (Phi) is 7.18. The number of amides is 2. The van der Waals surface area contributed by atoms with E-state index in [-0.39, 0.29) is 22.4 Å². The van der Waals surface area contributed by atoms with Crippen LogP contribution in [-0.4, -0.2) is 45.6 Å². The number of hydrogen-bond donors (Lipinski definition) is 2. The van der Waals surface area contributed by atoms with E-state index in [4.69, 9.17) is 4.74 Å². The molecule has 0 bridgehead atoms. The second-order valence-corrected chi connectivity index (χ2v) is 8.66. The first kappa shape index (κ1) is 23.6. The molecule has 172 valence electrons. The van der Waals surface area contributed by atoms with Gasteiger partial charge in [0.05, 0.1) is 12.8 Å². The normalized spacial score (nSPS) is 11.3. The predicted octanol–water partition coefficient (Wildman–Crippen LogP) is 3.79. The molecule has 2 amide bonds. The number of sulfonamides is 1. The van der Waals surface area contributed by atoms with Gasteiger partial charge in [0.25, 0.3) is 10.0 Å². The zero-order valence-corrected chi connectivity index (χ0v) is 19.3. The van der Waals surface area contributed by atoms with Crippen LogP contribution >= 0.6 is 0 Å². The Balaban J connectivity index is 1.78. The number of anilines is 2. The van der Waals surface area contributed by atoms with Gasteiger partial charge >= 0.3 is 6.03 Å². The number of benzene rings is 2. The molecule has 0 aliphatic carbocycles. The van der Waals surface area contributed by atoms with E-state index in [1.54, 1.807) is 31.2 Å². The van der Waals surface area contributed by atoms with Crippen molar-refractivity contribution >= 4 is 39.1 Å². The SMILES string of the molecule is COc1cc(C)nc(NC(=O)NS(=O)(=O)c2ccccc2/N=N/c2ccc(N(C)C)cc2)n1. The third-order valence-corrected chi connectivity index (χ3v) is 5.66. The zero-order valence-electron chi connectivity index (χ0n) is 18.5. The summed E-state index contributed by atoms with van der Waals surface area (Å²) in [4.78, 5) is 22.0.